The summed E-state index contributed by atoms with van der Waals surface area (Å²) >= 11 is 11.8. The third-order valence-corrected chi connectivity index (χ3v) is 2.79. The lowest BCUT2D eigenvalue weighted by Crippen LogP contribution is -2.06. The molecule has 0 fully saturated rings. The second-order valence-electron chi connectivity index (χ2n) is 3.61. The van der Waals surface area contributed by atoms with E-state index in [1.807, 2.05) is 19.1 Å². The number of nitrogens with zero attached hydrogens (tertiary/aromatic N) is 2. The maximum absolute atomic E-state index is 5.99. The summed E-state index contributed by atoms with van der Waals surface area (Å²) < 4.78 is 7.04. The lowest BCUT2D eigenvalue weighted by Gasteiger charge is -2.08. The molecule has 0 unspecified atom stereocenters. The number of halogens is 2. The number of hydrogen-bond donors (Lipinski definition) is 1. The van der Waals surface area contributed by atoms with E-state index >= 15 is 0 Å². The van der Waals surface area contributed by atoms with E-state index in [1.165, 1.54) is 4.68 Å². The van der Waals surface area contributed by atoms with Crippen molar-refractivity contribution in [2.45, 2.75) is 13.7 Å². The van der Waals surface area contributed by atoms with Gasteiger partial charge in [-0.15, -0.1) is 0 Å². The molecule has 0 aliphatic carbocycles. The highest BCUT2D eigenvalue weighted by Crippen LogP contribution is 2.25. The fraction of sp³-hybridized carbons (Fsp3) is 0.182. The Morgan fingerprint density at radius 3 is 2.76 bits per heavy atom. The second-order valence-corrected chi connectivity index (χ2v) is 4.42. The molecule has 0 saturated carbocycles. The van der Waals surface area contributed by atoms with Crippen LogP contribution in [0.2, 0.25) is 10.0 Å². The van der Waals surface area contributed by atoms with E-state index in [0.29, 0.717) is 15.8 Å². The van der Waals surface area contributed by atoms with Crippen molar-refractivity contribution in [1.82, 2.24) is 9.78 Å². The van der Waals surface area contributed by atoms with Gasteiger partial charge in [-0.05, 0) is 24.6 Å². The number of rotatable bonds is 3. The van der Waals surface area contributed by atoms with Crippen molar-refractivity contribution >= 4 is 29.0 Å². The van der Waals surface area contributed by atoms with Crippen molar-refractivity contribution in [2.75, 3.05) is 5.73 Å². The van der Waals surface area contributed by atoms with Gasteiger partial charge in [-0.2, -0.15) is 5.10 Å². The van der Waals surface area contributed by atoms with Crippen LogP contribution >= 0.6 is 23.2 Å². The van der Waals surface area contributed by atoms with Crippen LogP contribution in [0.4, 0.5) is 5.82 Å². The van der Waals surface area contributed by atoms with Crippen molar-refractivity contribution in [1.29, 1.82) is 0 Å². The van der Waals surface area contributed by atoms with Crippen LogP contribution in [0.5, 0.6) is 5.75 Å². The monoisotopic (exact) mass is 271 g/mol. The summed E-state index contributed by atoms with van der Waals surface area (Å²) in [5.74, 6) is 0.891. The Balaban J connectivity index is 2.09. The molecule has 0 bridgehead atoms. The molecule has 0 aliphatic heterocycles. The normalized spacial score (nSPS) is 10.5. The summed E-state index contributed by atoms with van der Waals surface area (Å²) in [6.45, 7) is 2.17. The molecule has 90 valence electrons. The van der Waals surface area contributed by atoms with E-state index < -0.39 is 0 Å². The maximum Gasteiger partial charge on any atom is 0.181 e. The van der Waals surface area contributed by atoms with Gasteiger partial charge in [0.15, 0.2) is 12.5 Å². The Hall–Kier alpha value is -1.39. The first-order valence-electron chi connectivity index (χ1n) is 4.93. The van der Waals surface area contributed by atoms with Crippen LogP contribution in [0.15, 0.2) is 24.4 Å². The summed E-state index contributed by atoms with van der Waals surface area (Å²) in [7, 11) is 0. The van der Waals surface area contributed by atoms with Gasteiger partial charge in [-0.3, -0.25) is 0 Å². The molecular weight excluding hydrogens is 261 g/mol. The van der Waals surface area contributed by atoms with Crippen LogP contribution in [0.1, 0.15) is 5.56 Å². The maximum atomic E-state index is 5.99. The average molecular weight is 272 g/mol. The van der Waals surface area contributed by atoms with Crippen LogP contribution in [0.25, 0.3) is 0 Å². The van der Waals surface area contributed by atoms with Crippen LogP contribution in [-0.2, 0) is 6.73 Å². The zero-order valence-corrected chi connectivity index (χ0v) is 10.7. The zero-order chi connectivity index (χ0) is 12.4. The Morgan fingerprint density at radius 2 is 2.12 bits per heavy atom. The molecule has 1 heterocycles. The molecule has 17 heavy (non-hydrogen) atoms. The molecule has 4 nitrogen and oxygen atoms in total. The standard InChI is InChI=1S/C11H11Cl2N3O/c1-7-2-3-8(12)10(4-7)17-6-16-5-9(13)11(14)15-16/h2-5H,6H2,1H3,(H2,14,15). The first-order chi connectivity index (χ1) is 8.06. The van der Waals surface area contributed by atoms with Gasteiger partial charge in [0.1, 0.15) is 10.8 Å². The minimum Gasteiger partial charge on any atom is -0.470 e. The van der Waals surface area contributed by atoms with Gasteiger partial charge in [0, 0.05) is 6.20 Å². The first-order valence-corrected chi connectivity index (χ1v) is 5.69. The summed E-state index contributed by atoms with van der Waals surface area (Å²) in [5, 5.41) is 4.94. The smallest absolute Gasteiger partial charge is 0.181 e. The van der Waals surface area contributed by atoms with Gasteiger partial charge < -0.3 is 10.5 Å². The van der Waals surface area contributed by atoms with Gasteiger partial charge in [0.05, 0.1) is 5.02 Å². The molecule has 6 heteroatoms. The van der Waals surface area contributed by atoms with Crippen LogP contribution in [0, 0.1) is 6.92 Å². The highest BCUT2D eigenvalue weighted by atomic mass is 35.5. The molecule has 1 aromatic heterocycles. The molecule has 0 amide bonds. The predicted octanol–water partition coefficient (Wildman–Crippen LogP) is 3.12. The topological polar surface area (TPSA) is 53.1 Å². The van der Waals surface area contributed by atoms with Crippen molar-refractivity contribution in [2.24, 2.45) is 0 Å². The van der Waals surface area contributed by atoms with Crippen molar-refractivity contribution in [3.8, 4) is 5.75 Å². The van der Waals surface area contributed by atoms with E-state index in [9.17, 15) is 0 Å². The van der Waals surface area contributed by atoms with E-state index in [0.717, 1.165) is 5.56 Å². The summed E-state index contributed by atoms with van der Waals surface area (Å²) in [4.78, 5) is 0. The third kappa shape index (κ3) is 2.84. The lowest BCUT2D eigenvalue weighted by atomic mass is 10.2. The Morgan fingerprint density at radius 1 is 1.35 bits per heavy atom. The first kappa shape index (κ1) is 12.1. The Labute approximate surface area is 109 Å². The molecular formula is C11H11Cl2N3O. The Kier molecular flexibility index (Phi) is 3.45. The van der Waals surface area contributed by atoms with Gasteiger partial charge in [-0.1, -0.05) is 29.3 Å². The fourth-order valence-corrected chi connectivity index (χ4v) is 1.66. The number of ether oxygens (including phenoxy) is 1. The molecule has 0 radical (unpaired) electrons. The zero-order valence-electron chi connectivity index (χ0n) is 9.15. The minimum absolute atomic E-state index is 0.208. The number of nitrogens with two attached hydrogens (primary N) is 1. The number of aryl methyl sites for hydroxylation is 1. The highest BCUT2D eigenvalue weighted by molar-refractivity contribution is 6.32. The van der Waals surface area contributed by atoms with Crippen LogP contribution in [0.3, 0.4) is 0 Å². The summed E-state index contributed by atoms with van der Waals surface area (Å²) in [5.41, 5.74) is 6.59. The van der Waals surface area contributed by atoms with Gasteiger partial charge in [0.2, 0.25) is 0 Å². The molecule has 2 rings (SSSR count). The number of nitrogen functional groups attached to an aromatic ring is 1. The quantitative estimate of drug-likeness (QED) is 0.933. The van der Waals surface area contributed by atoms with Crippen molar-refractivity contribution in [3.63, 3.8) is 0 Å². The van der Waals surface area contributed by atoms with Gasteiger partial charge in [0.25, 0.3) is 0 Å². The average Bonchev–Trinajstić information content (AvgIpc) is 2.60. The molecule has 0 atom stereocenters. The van der Waals surface area contributed by atoms with E-state index in [1.54, 1.807) is 12.3 Å². The van der Waals surface area contributed by atoms with E-state index in [4.69, 9.17) is 33.7 Å². The molecule has 1 aromatic carbocycles. The molecule has 0 saturated heterocycles. The third-order valence-electron chi connectivity index (χ3n) is 2.18. The van der Waals surface area contributed by atoms with Gasteiger partial charge in [-0.25, -0.2) is 4.68 Å². The number of anilines is 1. The number of aromatic nitrogens is 2. The van der Waals surface area contributed by atoms with Crippen molar-refractivity contribution < 1.29 is 4.74 Å². The molecule has 2 aromatic rings. The van der Waals surface area contributed by atoms with Crippen LogP contribution in [-0.4, -0.2) is 9.78 Å². The molecule has 0 aliphatic rings. The second kappa shape index (κ2) is 4.85. The summed E-state index contributed by atoms with van der Waals surface area (Å²) in [6.07, 6.45) is 1.60. The largest absolute Gasteiger partial charge is 0.470 e. The predicted molar refractivity (Wildman–Crippen MR) is 68.5 cm³/mol. The number of hydrogen-bond acceptors (Lipinski definition) is 3. The van der Waals surface area contributed by atoms with E-state index in [2.05, 4.69) is 5.10 Å². The van der Waals surface area contributed by atoms with E-state index in [-0.39, 0.29) is 12.5 Å². The number of benzene rings is 1. The van der Waals surface area contributed by atoms with Gasteiger partial charge >= 0.3 is 0 Å². The SMILES string of the molecule is Cc1ccc(Cl)c(OCn2cc(Cl)c(N)n2)c1. The molecule has 0 spiro atoms. The highest BCUT2D eigenvalue weighted by Gasteiger charge is 2.05. The minimum atomic E-state index is 0.208. The Bertz CT molecular complexity index is 520. The van der Waals surface area contributed by atoms with Crippen LogP contribution < -0.4 is 10.5 Å². The van der Waals surface area contributed by atoms with Crippen molar-refractivity contribution in [3.05, 3.63) is 40.0 Å². The summed E-state index contributed by atoms with van der Waals surface area (Å²) in [6, 6.07) is 5.56. The fourth-order valence-electron chi connectivity index (χ4n) is 1.33. The lowest BCUT2D eigenvalue weighted by molar-refractivity contribution is 0.221. The molecule has 2 N–H and O–H groups in total.